The average Bonchev–Trinajstić information content (AvgIpc) is 2.32. The molecule has 0 radical (unpaired) electrons. The highest BCUT2D eigenvalue weighted by molar-refractivity contribution is 5.82. The Bertz CT molecular complexity index is 357. The Morgan fingerprint density at radius 2 is 1.90 bits per heavy atom. The van der Waals surface area contributed by atoms with Crippen LogP contribution >= 0.6 is 0 Å². The van der Waals surface area contributed by atoms with Crippen LogP contribution in [0.3, 0.4) is 0 Å². The molecule has 2 amide bonds. The first kappa shape index (κ1) is 16.8. The number of carbonyl (C=O) groups is 2. The standard InChI is InChI=1S/C15H28N2O3/c1-9(2)6-13(14(18)19)16-15(20)17-8-10(3)7-11(4)12(17)5/h9-13H,6-8H2,1-5H3,(H,16,20)(H,18,19)/t10?,11?,12?,13-/m0/s1. The van der Waals surface area contributed by atoms with Crippen molar-refractivity contribution in [3.8, 4) is 0 Å². The van der Waals surface area contributed by atoms with E-state index in [-0.39, 0.29) is 18.0 Å². The molecule has 1 rings (SSSR count). The summed E-state index contributed by atoms with van der Waals surface area (Å²) in [6.07, 6.45) is 1.56. The number of nitrogens with one attached hydrogen (secondary N) is 1. The van der Waals surface area contributed by atoms with Gasteiger partial charge in [0.15, 0.2) is 0 Å². The van der Waals surface area contributed by atoms with Gasteiger partial charge < -0.3 is 15.3 Å². The summed E-state index contributed by atoms with van der Waals surface area (Å²) in [5.41, 5.74) is 0. The van der Waals surface area contributed by atoms with E-state index in [4.69, 9.17) is 0 Å². The van der Waals surface area contributed by atoms with Crippen molar-refractivity contribution in [1.29, 1.82) is 0 Å². The molecule has 1 saturated heterocycles. The van der Waals surface area contributed by atoms with Gasteiger partial charge in [-0.3, -0.25) is 0 Å². The number of nitrogens with zero attached hydrogens (tertiary/aromatic N) is 1. The molecule has 4 atom stereocenters. The lowest BCUT2D eigenvalue weighted by atomic mass is 9.86. The van der Waals surface area contributed by atoms with Crippen LogP contribution in [0.25, 0.3) is 0 Å². The predicted octanol–water partition coefficient (Wildman–Crippen LogP) is 2.56. The third-order valence-electron chi connectivity index (χ3n) is 4.16. The van der Waals surface area contributed by atoms with Crippen molar-refractivity contribution < 1.29 is 14.7 Å². The van der Waals surface area contributed by atoms with Crippen molar-refractivity contribution in [1.82, 2.24) is 10.2 Å². The van der Waals surface area contributed by atoms with Crippen molar-refractivity contribution in [2.75, 3.05) is 6.54 Å². The minimum Gasteiger partial charge on any atom is -0.480 e. The van der Waals surface area contributed by atoms with Crippen LogP contribution in [0.4, 0.5) is 4.79 Å². The first-order valence-electron chi connectivity index (χ1n) is 7.52. The number of carbonyl (C=O) groups excluding carboxylic acids is 1. The third-order valence-corrected chi connectivity index (χ3v) is 4.16. The molecule has 20 heavy (non-hydrogen) atoms. The molecule has 116 valence electrons. The Hall–Kier alpha value is -1.26. The molecule has 1 aliphatic heterocycles. The van der Waals surface area contributed by atoms with Crippen LogP contribution in [0, 0.1) is 17.8 Å². The molecule has 1 heterocycles. The zero-order valence-corrected chi connectivity index (χ0v) is 13.2. The Kier molecular flexibility index (Phi) is 5.84. The molecular formula is C15H28N2O3. The summed E-state index contributed by atoms with van der Waals surface area (Å²) >= 11 is 0. The molecule has 5 nitrogen and oxygen atoms in total. The van der Waals surface area contributed by atoms with E-state index in [1.54, 1.807) is 4.90 Å². The number of piperidine rings is 1. The maximum atomic E-state index is 12.3. The molecule has 0 spiro atoms. The summed E-state index contributed by atoms with van der Waals surface area (Å²) in [5, 5.41) is 11.9. The van der Waals surface area contributed by atoms with Gasteiger partial charge in [-0.25, -0.2) is 9.59 Å². The molecule has 1 aliphatic rings. The van der Waals surface area contributed by atoms with Gasteiger partial charge in [0.25, 0.3) is 0 Å². The summed E-state index contributed by atoms with van der Waals surface area (Å²) in [6.45, 7) is 10.9. The largest absolute Gasteiger partial charge is 0.480 e. The fourth-order valence-electron chi connectivity index (χ4n) is 2.91. The number of aliphatic carboxylic acids is 1. The van der Waals surface area contributed by atoms with Gasteiger partial charge in [-0.05, 0) is 37.5 Å². The van der Waals surface area contributed by atoms with Gasteiger partial charge in [0.05, 0.1) is 0 Å². The number of hydrogen-bond acceptors (Lipinski definition) is 2. The van der Waals surface area contributed by atoms with Crippen molar-refractivity contribution in [2.45, 2.75) is 59.5 Å². The quantitative estimate of drug-likeness (QED) is 0.833. The van der Waals surface area contributed by atoms with E-state index >= 15 is 0 Å². The summed E-state index contributed by atoms with van der Waals surface area (Å²) < 4.78 is 0. The number of carboxylic acids is 1. The van der Waals surface area contributed by atoms with Crippen molar-refractivity contribution >= 4 is 12.0 Å². The second kappa shape index (κ2) is 6.95. The zero-order chi connectivity index (χ0) is 15.4. The summed E-state index contributed by atoms with van der Waals surface area (Å²) in [5.74, 6) is 0.170. The van der Waals surface area contributed by atoms with Gasteiger partial charge in [-0.15, -0.1) is 0 Å². The lowest BCUT2D eigenvalue weighted by Gasteiger charge is -2.41. The molecular weight excluding hydrogens is 256 g/mol. The van der Waals surface area contributed by atoms with Gasteiger partial charge >= 0.3 is 12.0 Å². The monoisotopic (exact) mass is 284 g/mol. The van der Waals surface area contributed by atoms with Gasteiger partial charge in [-0.2, -0.15) is 0 Å². The number of urea groups is 1. The zero-order valence-electron chi connectivity index (χ0n) is 13.2. The van der Waals surface area contributed by atoms with E-state index < -0.39 is 12.0 Å². The predicted molar refractivity (Wildman–Crippen MR) is 78.5 cm³/mol. The molecule has 1 fully saturated rings. The molecule has 3 unspecified atom stereocenters. The first-order chi connectivity index (χ1) is 9.22. The van der Waals surface area contributed by atoms with Gasteiger partial charge in [0.2, 0.25) is 0 Å². The Morgan fingerprint density at radius 3 is 2.40 bits per heavy atom. The molecule has 2 N–H and O–H groups in total. The number of rotatable bonds is 4. The second-order valence-electron chi connectivity index (χ2n) is 6.68. The topological polar surface area (TPSA) is 69.6 Å². The summed E-state index contributed by atoms with van der Waals surface area (Å²) in [6, 6.07) is -0.897. The van der Waals surface area contributed by atoms with Crippen LogP contribution in [-0.2, 0) is 4.79 Å². The average molecular weight is 284 g/mol. The van der Waals surface area contributed by atoms with Gasteiger partial charge in [0, 0.05) is 12.6 Å². The normalized spacial score (nSPS) is 28.3. The molecule has 0 aromatic heterocycles. The molecule has 0 aliphatic carbocycles. The molecule has 0 aromatic rings. The van der Waals surface area contributed by atoms with E-state index in [1.165, 1.54) is 0 Å². The minimum atomic E-state index is -0.960. The second-order valence-corrected chi connectivity index (χ2v) is 6.68. The fourth-order valence-corrected chi connectivity index (χ4v) is 2.91. The third kappa shape index (κ3) is 4.39. The highest BCUT2D eigenvalue weighted by Gasteiger charge is 2.33. The Labute approximate surface area is 121 Å². The van der Waals surface area contributed by atoms with E-state index in [9.17, 15) is 14.7 Å². The van der Waals surface area contributed by atoms with Crippen LogP contribution in [0.5, 0.6) is 0 Å². The van der Waals surface area contributed by atoms with Crippen molar-refractivity contribution in [2.24, 2.45) is 17.8 Å². The number of amides is 2. The highest BCUT2D eigenvalue weighted by Crippen LogP contribution is 2.26. The van der Waals surface area contributed by atoms with Crippen LogP contribution in [0.15, 0.2) is 0 Å². The first-order valence-corrected chi connectivity index (χ1v) is 7.52. The van der Waals surface area contributed by atoms with Crippen LogP contribution in [0.2, 0.25) is 0 Å². The lowest BCUT2D eigenvalue weighted by Crippen LogP contribution is -2.55. The maximum absolute atomic E-state index is 12.3. The van der Waals surface area contributed by atoms with E-state index in [1.807, 2.05) is 20.8 Å². The Morgan fingerprint density at radius 1 is 1.30 bits per heavy atom. The summed E-state index contributed by atoms with van der Waals surface area (Å²) in [4.78, 5) is 25.4. The number of likely N-dealkylation sites (tertiary alicyclic amines) is 1. The van der Waals surface area contributed by atoms with Crippen LogP contribution < -0.4 is 5.32 Å². The SMILES string of the molecule is CC(C)C[C@H](NC(=O)N1CC(C)CC(C)C1C)C(=O)O. The van der Waals surface area contributed by atoms with Gasteiger partial charge in [-0.1, -0.05) is 27.7 Å². The van der Waals surface area contributed by atoms with Gasteiger partial charge in [0.1, 0.15) is 6.04 Å². The van der Waals surface area contributed by atoms with E-state index in [0.29, 0.717) is 24.8 Å². The maximum Gasteiger partial charge on any atom is 0.326 e. The molecule has 5 heteroatoms. The molecule has 0 saturated carbocycles. The molecule has 0 bridgehead atoms. The van der Waals surface area contributed by atoms with Crippen molar-refractivity contribution in [3.63, 3.8) is 0 Å². The fraction of sp³-hybridized carbons (Fsp3) is 0.867. The van der Waals surface area contributed by atoms with Crippen LogP contribution in [0.1, 0.15) is 47.5 Å². The smallest absolute Gasteiger partial charge is 0.326 e. The summed E-state index contributed by atoms with van der Waals surface area (Å²) in [7, 11) is 0. The van der Waals surface area contributed by atoms with E-state index in [2.05, 4.69) is 19.2 Å². The van der Waals surface area contributed by atoms with E-state index in [0.717, 1.165) is 6.42 Å². The highest BCUT2D eigenvalue weighted by atomic mass is 16.4. The van der Waals surface area contributed by atoms with Crippen molar-refractivity contribution in [3.05, 3.63) is 0 Å². The van der Waals surface area contributed by atoms with Crippen LogP contribution in [-0.4, -0.2) is 40.6 Å². The number of carboxylic acid groups (broad SMARTS) is 1. The lowest BCUT2D eigenvalue weighted by molar-refractivity contribution is -0.139. The Balaban J connectivity index is 2.70. The number of hydrogen-bond donors (Lipinski definition) is 2. The molecule has 0 aromatic carbocycles. The minimum absolute atomic E-state index is 0.152.